The molecule has 0 fully saturated rings. The number of carboxylic acid groups (broad SMARTS) is 1. The standard InChI is InChI=1S/C15H29NO3/c1-5-7-8-9-10-14(17)12-16(3,4)11-13(6-2)15(18)19/h7-8,13-14,17H,5-6,9-12H2,1-4H3/b8-7+. The van der Waals surface area contributed by atoms with Crippen molar-refractivity contribution in [1.82, 2.24) is 0 Å². The predicted molar refractivity (Wildman–Crippen MR) is 75.3 cm³/mol. The van der Waals surface area contributed by atoms with Gasteiger partial charge in [-0.25, -0.2) is 0 Å². The number of hydrogen-bond acceptors (Lipinski definition) is 3. The third kappa shape index (κ3) is 8.78. The molecule has 0 aromatic rings. The van der Waals surface area contributed by atoms with Gasteiger partial charge < -0.3 is 19.5 Å². The highest BCUT2D eigenvalue weighted by Gasteiger charge is 2.24. The number of carbonyl (C=O) groups is 1. The highest BCUT2D eigenvalue weighted by Crippen LogP contribution is 2.12. The van der Waals surface area contributed by atoms with Crippen LogP contribution < -0.4 is 5.11 Å². The predicted octanol–water partition coefficient (Wildman–Crippen LogP) is 0.946. The minimum absolute atomic E-state index is 0.393. The second-order valence-corrected chi connectivity index (χ2v) is 5.84. The summed E-state index contributed by atoms with van der Waals surface area (Å²) < 4.78 is 0.505. The average molecular weight is 271 g/mol. The Morgan fingerprint density at radius 3 is 2.37 bits per heavy atom. The van der Waals surface area contributed by atoms with Crippen LogP contribution in [0.1, 0.15) is 39.5 Å². The molecule has 4 heteroatoms. The Morgan fingerprint density at radius 1 is 1.26 bits per heavy atom. The average Bonchev–Trinajstić information content (AvgIpc) is 2.30. The Hall–Kier alpha value is -0.870. The number of quaternary nitrogens is 1. The molecule has 2 atom stereocenters. The Bertz CT molecular complexity index is 287. The third-order valence-corrected chi connectivity index (χ3v) is 3.31. The first-order valence-electron chi connectivity index (χ1n) is 7.18. The van der Waals surface area contributed by atoms with Gasteiger partial charge in [0.05, 0.1) is 26.6 Å². The summed E-state index contributed by atoms with van der Waals surface area (Å²) in [4.78, 5) is 10.9. The first-order chi connectivity index (χ1) is 8.82. The van der Waals surface area contributed by atoms with E-state index in [-0.39, 0.29) is 0 Å². The summed E-state index contributed by atoms with van der Waals surface area (Å²) in [5.41, 5.74) is 0. The van der Waals surface area contributed by atoms with Crippen molar-refractivity contribution in [2.45, 2.75) is 45.6 Å². The van der Waals surface area contributed by atoms with E-state index in [1.165, 1.54) is 0 Å². The van der Waals surface area contributed by atoms with Crippen LogP contribution in [0.3, 0.4) is 0 Å². The molecule has 1 N–H and O–H groups in total. The zero-order chi connectivity index (χ0) is 14.9. The van der Waals surface area contributed by atoms with E-state index in [2.05, 4.69) is 19.1 Å². The third-order valence-electron chi connectivity index (χ3n) is 3.31. The zero-order valence-corrected chi connectivity index (χ0v) is 12.8. The number of carboxylic acids is 1. The van der Waals surface area contributed by atoms with Crippen LogP contribution in [-0.2, 0) is 4.79 Å². The zero-order valence-electron chi connectivity index (χ0n) is 12.8. The first-order valence-corrected chi connectivity index (χ1v) is 7.18. The van der Waals surface area contributed by atoms with Crippen molar-refractivity contribution < 1.29 is 19.5 Å². The lowest BCUT2D eigenvalue weighted by Gasteiger charge is -2.35. The number of allylic oxidation sites excluding steroid dienone is 2. The van der Waals surface area contributed by atoms with E-state index in [9.17, 15) is 15.0 Å². The molecule has 0 spiro atoms. The van der Waals surface area contributed by atoms with E-state index in [0.717, 1.165) is 19.3 Å². The number of aliphatic hydroxyl groups excluding tert-OH is 1. The van der Waals surface area contributed by atoms with Gasteiger partial charge >= 0.3 is 0 Å². The molecular formula is C15H29NO3. The second-order valence-electron chi connectivity index (χ2n) is 5.84. The van der Waals surface area contributed by atoms with E-state index < -0.39 is 18.0 Å². The van der Waals surface area contributed by atoms with Crippen LogP contribution in [0, 0.1) is 5.92 Å². The molecule has 4 nitrogen and oxygen atoms in total. The van der Waals surface area contributed by atoms with Gasteiger partial charge in [0.2, 0.25) is 0 Å². The van der Waals surface area contributed by atoms with Gasteiger partial charge in [-0.15, -0.1) is 0 Å². The molecule has 19 heavy (non-hydrogen) atoms. The molecule has 0 radical (unpaired) electrons. The smallest absolute Gasteiger partial charge is 0.105 e. The maximum Gasteiger partial charge on any atom is 0.105 e. The molecule has 0 aliphatic heterocycles. The summed E-state index contributed by atoms with van der Waals surface area (Å²) in [6.45, 7) is 5.01. The number of rotatable bonds is 10. The SMILES string of the molecule is CC/C=C/CCC(O)C[N+](C)(C)CC(CC)C(=O)[O-]. The minimum Gasteiger partial charge on any atom is -0.550 e. The van der Waals surface area contributed by atoms with Crippen LogP contribution in [0.15, 0.2) is 12.2 Å². The fraction of sp³-hybridized carbons (Fsp3) is 0.800. The number of aliphatic carboxylic acids is 1. The first kappa shape index (κ1) is 18.1. The lowest BCUT2D eigenvalue weighted by molar-refractivity contribution is -0.896. The van der Waals surface area contributed by atoms with Gasteiger partial charge in [0.1, 0.15) is 12.6 Å². The van der Waals surface area contributed by atoms with Crippen LogP contribution in [0.5, 0.6) is 0 Å². The van der Waals surface area contributed by atoms with Crippen molar-refractivity contribution in [3.63, 3.8) is 0 Å². The summed E-state index contributed by atoms with van der Waals surface area (Å²) in [7, 11) is 3.91. The summed E-state index contributed by atoms with van der Waals surface area (Å²) in [5.74, 6) is -1.43. The summed E-state index contributed by atoms with van der Waals surface area (Å²) >= 11 is 0. The number of aliphatic hydroxyl groups is 1. The van der Waals surface area contributed by atoms with Gasteiger partial charge in [-0.1, -0.05) is 26.0 Å². The number of likely N-dealkylation sites (N-methyl/N-ethyl adjacent to an activating group) is 1. The van der Waals surface area contributed by atoms with Gasteiger partial charge in [-0.05, 0) is 25.7 Å². The maximum absolute atomic E-state index is 10.9. The van der Waals surface area contributed by atoms with Gasteiger partial charge in [0.25, 0.3) is 0 Å². The molecule has 0 aromatic heterocycles. The van der Waals surface area contributed by atoms with Crippen LogP contribution in [0.2, 0.25) is 0 Å². The molecule has 2 unspecified atom stereocenters. The summed E-state index contributed by atoms with van der Waals surface area (Å²) in [5, 5.41) is 20.9. The highest BCUT2D eigenvalue weighted by atomic mass is 16.4. The molecule has 0 amide bonds. The lowest BCUT2D eigenvalue weighted by Crippen LogP contribution is -2.51. The minimum atomic E-state index is -0.992. The van der Waals surface area contributed by atoms with E-state index in [0.29, 0.717) is 24.0 Å². The van der Waals surface area contributed by atoms with E-state index in [1.807, 2.05) is 21.0 Å². The molecule has 112 valence electrons. The second kappa shape index (κ2) is 9.10. The molecular weight excluding hydrogens is 242 g/mol. The van der Waals surface area contributed by atoms with Crippen molar-refractivity contribution >= 4 is 5.97 Å². The molecule has 0 heterocycles. The molecule has 0 saturated heterocycles. The Kier molecular flexibility index (Phi) is 8.68. The number of nitrogens with zero attached hydrogens (tertiary/aromatic N) is 1. The molecule has 0 rings (SSSR count). The van der Waals surface area contributed by atoms with E-state index in [1.54, 1.807) is 0 Å². The Morgan fingerprint density at radius 2 is 1.89 bits per heavy atom. The Labute approximate surface area is 117 Å². The van der Waals surface area contributed by atoms with Crippen molar-refractivity contribution in [2.24, 2.45) is 5.92 Å². The fourth-order valence-electron chi connectivity index (χ4n) is 2.28. The maximum atomic E-state index is 10.9. The van der Waals surface area contributed by atoms with Crippen LogP contribution in [0.4, 0.5) is 0 Å². The molecule has 0 aliphatic rings. The summed E-state index contributed by atoms with van der Waals surface area (Å²) in [6.07, 6.45) is 6.96. The number of hydrogen-bond donors (Lipinski definition) is 1. The van der Waals surface area contributed by atoms with E-state index >= 15 is 0 Å². The summed E-state index contributed by atoms with van der Waals surface area (Å²) in [6, 6.07) is 0. The highest BCUT2D eigenvalue weighted by molar-refractivity contribution is 5.67. The molecule has 0 aliphatic carbocycles. The monoisotopic (exact) mass is 271 g/mol. The molecule has 0 saturated carbocycles. The van der Waals surface area contributed by atoms with Gasteiger partial charge in [0, 0.05) is 5.92 Å². The van der Waals surface area contributed by atoms with Crippen molar-refractivity contribution in [2.75, 3.05) is 27.2 Å². The van der Waals surface area contributed by atoms with Crippen LogP contribution >= 0.6 is 0 Å². The van der Waals surface area contributed by atoms with Gasteiger partial charge in [-0.3, -0.25) is 0 Å². The van der Waals surface area contributed by atoms with Crippen molar-refractivity contribution in [1.29, 1.82) is 0 Å². The van der Waals surface area contributed by atoms with Gasteiger partial charge in [-0.2, -0.15) is 0 Å². The molecule has 0 bridgehead atoms. The van der Waals surface area contributed by atoms with Crippen molar-refractivity contribution in [3.05, 3.63) is 12.2 Å². The Balaban J connectivity index is 4.19. The molecule has 0 aromatic carbocycles. The van der Waals surface area contributed by atoms with Crippen molar-refractivity contribution in [3.8, 4) is 0 Å². The van der Waals surface area contributed by atoms with Gasteiger partial charge in [0.15, 0.2) is 0 Å². The quantitative estimate of drug-likeness (QED) is 0.475. The topological polar surface area (TPSA) is 60.4 Å². The normalized spacial score (nSPS) is 15.6. The fourth-order valence-corrected chi connectivity index (χ4v) is 2.28. The largest absolute Gasteiger partial charge is 0.550 e. The van der Waals surface area contributed by atoms with Crippen LogP contribution in [-0.4, -0.2) is 48.8 Å². The lowest BCUT2D eigenvalue weighted by atomic mass is 10.0. The van der Waals surface area contributed by atoms with E-state index in [4.69, 9.17) is 0 Å². The number of carbonyl (C=O) groups excluding carboxylic acids is 1. The van der Waals surface area contributed by atoms with Crippen LogP contribution in [0.25, 0.3) is 0 Å².